The Labute approximate surface area is 141 Å². The molecule has 2 N–H and O–H groups in total. The molecule has 0 aliphatic carbocycles. The Balaban J connectivity index is 1.85. The molecule has 23 heavy (non-hydrogen) atoms. The molecule has 0 saturated carbocycles. The third-order valence-electron chi connectivity index (χ3n) is 3.94. The number of hydrogen-bond acceptors (Lipinski definition) is 3. The Bertz CT molecular complexity index is 696. The molecule has 122 valence electrons. The molecule has 0 unspecified atom stereocenters. The van der Waals surface area contributed by atoms with E-state index >= 15 is 0 Å². The predicted octanol–water partition coefficient (Wildman–Crippen LogP) is 3.27. The molecule has 2 aromatic rings. The molecule has 2 heterocycles. The first-order chi connectivity index (χ1) is 11.1. The lowest BCUT2D eigenvalue weighted by atomic mass is 9.99. The summed E-state index contributed by atoms with van der Waals surface area (Å²) >= 11 is 3.35. The standard InChI is InChI=1S/C16H17BrFN3O2/c1-9-13(17)15(21-20-9)16(22)19-14(12-3-2-8-23-12)10-4-6-11(18)7-5-10/h4-7,12,14H,2-3,8H2,1H3,(H,19,22)(H,20,21)/t12-,14+/m0/s1. The Morgan fingerprint density at radius 2 is 2.22 bits per heavy atom. The number of nitrogens with one attached hydrogen (secondary N) is 2. The number of rotatable bonds is 4. The van der Waals surface area contributed by atoms with Crippen molar-refractivity contribution in [3.8, 4) is 0 Å². The van der Waals surface area contributed by atoms with Gasteiger partial charge in [-0.05, 0) is 53.4 Å². The average Bonchev–Trinajstić information content (AvgIpc) is 3.17. The first kappa shape index (κ1) is 16.1. The van der Waals surface area contributed by atoms with Crippen LogP contribution in [0, 0.1) is 12.7 Å². The number of halogens is 2. The summed E-state index contributed by atoms with van der Waals surface area (Å²) in [6, 6.07) is 5.78. The van der Waals surface area contributed by atoms with Crippen LogP contribution < -0.4 is 5.32 Å². The molecule has 1 aliphatic heterocycles. The zero-order valence-corrected chi connectivity index (χ0v) is 14.2. The predicted molar refractivity (Wildman–Crippen MR) is 86.6 cm³/mol. The monoisotopic (exact) mass is 381 g/mol. The molecule has 7 heteroatoms. The number of aromatic amines is 1. The summed E-state index contributed by atoms with van der Waals surface area (Å²) < 4.78 is 19.5. The topological polar surface area (TPSA) is 67.0 Å². The number of carbonyl (C=O) groups excluding carboxylic acids is 1. The summed E-state index contributed by atoms with van der Waals surface area (Å²) in [6.07, 6.45) is 1.68. The zero-order chi connectivity index (χ0) is 16.4. The molecule has 1 aromatic heterocycles. The molecule has 0 bridgehead atoms. The van der Waals surface area contributed by atoms with Crippen molar-refractivity contribution < 1.29 is 13.9 Å². The van der Waals surface area contributed by atoms with Crippen LogP contribution in [0.5, 0.6) is 0 Å². The molecule has 1 fully saturated rings. The maximum absolute atomic E-state index is 13.2. The fourth-order valence-corrected chi connectivity index (χ4v) is 3.06. The first-order valence-electron chi connectivity index (χ1n) is 7.44. The van der Waals surface area contributed by atoms with Gasteiger partial charge >= 0.3 is 0 Å². The van der Waals surface area contributed by atoms with Crippen LogP contribution in [0.15, 0.2) is 28.7 Å². The van der Waals surface area contributed by atoms with Gasteiger partial charge in [-0.3, -0.25) is 9.89 Å². The molecular weight excluding hydrogens is 365 g/mol. The smallest absolute Gasteiger partial charge is 0.273 e. The van der Waals surface area contributed by atoms with Crippen LogP contribution in [-0.4, -0.2) is 28.8 Å². The number of amides is 1. The van der Waals surface area contributed by atoms with Crippen LogP contribution >= 0.6 is 15.9 Å². The van der Waals surface area contributed by atoms with Crippen molar-refractivity contribution in [1.29, 1.82) is 0 Å². The molecule has 3 rings (SSSR count). The van der Waals surface area contributed by atoms with Gasteiger partial charge in [0.15, 0.2) is 5.69 Å². The number of aromatic nitrogens is 2. The zero-order valence-electron chi connectivity index (χ0n) is 12.6. The normalized spacial score (nSPS) is 18.8. The number of H-pyrrole nitrogens is 1. The van der Waals surface area contributed by atoms with Gasteiger partial charge in [-0.2, -0.15) is 5.10 Å². The van der Waals surface area contributed by atoms with Crippen LogP contribution in [0.25, 0.3) is 0 Å². The number of benzene rings is 1. The highest BCUT2D eigenvalue weighted by atomic mass is 79.9. The summed E-state index contributed by atoms with van der Waals surface area (Å²) in [7, 11) is 0. The molecule has 1 aromatic carbocycles. The van der Waals surface area contributed by atoms with Crippen LogP contribution in [0.4, 0.5) is 4.39 Å². The highest BCUT2D eigenvalue weighted by Crippen LogP contribution is 2.28. The first-order valence-corrected chi connectivity index (χ1v) is 8.24. The van der Waals surface area contributed by atoms with Gasteiger partial charge in [0.2, 0.25) is 0 Å². The van der Waals surface area contributed by atoms with Crippen molar-refractivity contribution >= 4 is 21.8 Å². The fraction of sp³-hybridized carbons (Fsp3) is 0.375. The number of hydrogen-bond donors (Lipinski definition) is 2. The van der Waals surface area contributed by atoms with E-state index in [0.29, 0.717) is 16.8 Å². The van der Waals surface area contributed by atoms with Crippen molar-refractivity contribution in [2.24, 2.45) is 0 Å². The van der Waals surface area contributed by atoms with Gasteiger partial charge in [0, 0.05) is 12.3 Å². The third kappa shape index (κ3) is 3.45. The van der Waals surface area contributed by atoms with Crippen molar-refractivity contribution in [3.63, 3.8) is 0 Å². The maximum Gasteiger partial charge on any atom is 0.273 e. The quantitative estimate of drug-likeness (QED) is 0.853. The van der Waals surface area contributed by atoms with Crippen LogP contribution in [0.2, 0.25) is 0 Å². The van der Waals surface area contributed by atoms with E-state index < -0.39 is 0 Å². The van der Waals surface area contributed by atoms with E-state index in [4.69, 9.17) is 4.74 Å². The Morgan fingerprint density at radius 1 is 1.48 bits per heavy atom. The van der Waals surface area contributed by atoms with Gasteiger partial charge in [0.05, 0.1) is 16.6 Å². The molecule has 0 spiro atoms. The number of ether oxygens (including phenoxy) is 1. The molecular formula is C16H17BrFN3O2. The van der Waals surface area contributed by atoms with Gasteiger partial charge in [-0.15, -0.1) is 0 Å². The Morgan fingerprint density at radius 3 is 2.78 bits per heavy atom. The largest absolute Gasteiger partial charge is 0.376 e. The lowest BCUT2D eigenvalue weighted by Gasteiger charge is -2.24. The number of carbonyl (C=O) groups is 1. The van der Waals surface area contributed by atoms with Crippen molar-refractivity contribution in [3.05, 3.63) is 51.5 Å². The van der Waals surface area contributed by atoms with E-state index in [1.165, 1.54) is 12.1 Å². The molecule has 5 nitrogen and oxygen atoms in total. The Kier molecular flexibility index (Phi) is 4.77. The molecule has 1 aliphatic rings. The van der Waals surface area contributed by atoms with Crippen molar-refractivity contribution in [2.75, 3.05) is 6.61 Å². The van der Waals surface area contributed by atoms with Gasteiger partial charge in [0.1, 0.15) is 5.82 Å². The lowest BCUT2D eigenvalue weighted by molar-refractivity contribution is 0.0669. The highest BCUT2D eigenvalue weighted by molar-refractivity contribution is 9.10. The van der Waals surface area contributed by atoms with E-state index in [1.54, 1.807) is 12.1 Å². The summed E-state index contributed by atoms with van der Waals surface area (Å²) in [5.74, 6) is -0.608. The van der Waals surface area contributed by atoms with Gasteiger partial charge < -0.3 is 10.1 Å². The van der Waals surface area contributed by atoms with E-state index in [2.05, 4.69) is 31.4 Å². The van der Waals surface area contributed by atoms with Crippen LogP contribution in [-0.2, 0) is 4.74 Å². The fourth-order valence-electron chi connectivity index (χ4n) is 2.70. The van der Waals surface area contributed by atoms with E-state index in [1.807, 2.05) is 6.92 Å². The van der Waals surface area contributed by atoms with E-state index in [-0.39, 0.29) is 23.9 Å². The summed E-state index contributed by atoms with van der Waals surface area (Å²) in [5.41, 5.74) is 1.90. The number of aryl methyl sites for hydroxylation is 1. The minimum atomic E-state index is -0.338. The van der Waals surface area contributed by atoms with Crippen LogP contribution in [0.3, 0.4) is 0 Å². The summed E-state index contributed by atoms with van der Waals surface area (Å²) in [4.78, 5) is 12.5. The van der Waals surface area contributed by atoms with E-state index in [9.17, 15) is 9.18 Å². The van der Waals surface area contributed by atoms with Crippen LogP contribution in [0.1, 0.15) is 40.6 Å². The highest BCUT2D eigenvalue weighted by Gasteiger charge is 2.30. The molecule has 0 radical (unpaired) electrons. The van der Waals surface area contributed by atoms with Gasteiger partial charge in [-0.25, -0.2) is 4.39 Å². The second-order valence-electron chi connectivity index (χ2n) is 5.57. The summed E-state index contributed by atoms with van der Waals surface area (Å²) in [5, 5.41) is 9.75. The second kappa shape index (κ2) is 6.80. The summed E-state index contributed by atoms with van der Waals surface area (Å²) in [6.45, 7) is 2.49. The molecule has 1 amide bonds. The third-order valence-corrected chi connectivity index (χ3v) is 4.91. The van der Waals surface area contributed by atoms with Crippen molar-refractivity contribution in [1.82, 2.24) is 15.5 Å². The Hall–Kier alpha value is -1.73. The minimum Gasteiger partial charge on any atom is -0.376 e. The van der Waals surface area contributed by atoms with Gasteiger partial charge in [-0.1, -0.05) is 12.1 Å². The van der Waals surface area contributed by atoms with Gasteiger partial charge in [0.25, 0.3) is 5.91 Å². The number of nitrogens with zero attached hydrogens (tertiary/aromatic N) is 1. The SMILES string of the molecule is Cc1[nH]nc(C(=O)N[C@H](c2ccc(F)cc2)[C@@H]2CCCO2)c1Br. The molecule has 1 saturated heterocycles. The van der Waals surface area contributed by atoms with Crippen molar-refractivity contribution in [2.45, 2.75) is 31.9 Å². The average molecular weight is 382 g/mol. The maximum atomic E-state index is 13.2. The van der Waals surface area contributed by atoms with E-state index in [0.717, 1.165) is 24.1 Å². The lowest BCUT2D eigenvalue weighted by Crippen LogP contribution is -2.36. The minimum absolute atomic E-state index is 0.122. The second-order valence-corrected chi connectivity index (χ2v) is 6.36. The molecule has 2 atom stereocenters.